The summed E-state index contributed by atoms with van der Waals surface area (Å²) in [5.41, 5.74) is 1.03. The molecule has 0 aliphatic carbocycles. The first kappa shape index (κ1) is 16.3. The molecule has 1 aliphatic rings. The molecule has 2 amide bonds. The van der Waals surface area contributed by atoms with Gasteiger partial charge < -0.3 is 4.74 Å². The minimum absolute atomic E-state index is 0.0357. The van der Waals surface area contributed by atoms with E-state index in [4.69, 9.17) is 11.6 Å². The largest absolute Gasteiger partial charge is 0.465 e. The Bertz CT molecular complexity index is 812. The molecule has 2 aromatic rings. The quantitative estimate of drug-likeness (QED) is 0.794. The summed E-state index contributed by atoms with van der Waals surface area (Å²) < 4.78 is 18.8. The summed E-state index contributed by atoms with van der Waals surface area (Å²) in [5, 5.41) is -0.0357. The SMILES string of the molecule is COC(=O)c1cccc(N2CCN(c3cccc(Cl)c3F)C2=O)c1. The second-order valence-corrected chi connectivity index (χ2v) is 5.61. The van der Waals surface area contributed by atoms with Crippen molar-refractivity contribution < 1.29 is 18.7 Å². The van der Waals surface area contributed by atoms with Gasteiger partial charge in [0.25, 0.3) is 0 Å². The van der Waals surface area contributed by atoms with Gasteiger partial charge in [0.05, 0.1) is 23.4 Å². The van der Waals surface area contributed by atoms with Crippen LogP contribution in [0.25, 0.3) is 0 Å². The van der Waals surface area contributed by atoms with Crippen LogP contribution in [-0.2, 0) is 4.74 Å². The Balaban J connectivity index is 1.89. The number of carbonyl (C=O) groups excluding carboxylic acids is 2. The van der Waals surface area contributed by atoms with Crippen molar-refractivity contribution in [2.24, 2.45) is 0 Å². The molecule has 124 valence electrons. The van der Waals surface area contributed by atoms with Crippen LogP contribution >= 0.6 is 11.6 Å². The number of amides is 2. The van der Waals surface area contributed by atoms with E-state index in [0.29, 0.717) is 24.3 Å². The number of carbonyl (C=O) groups is 2. The van der Waals surface area contributed by atoms with E-state index in [0.717, 1.165) is 0 Å². The van der Waals surface area contributed by atoms with E-state index in [1.54, 1.807) is 30.3 Å². The first-order valence-corrected chi connectivity index (χ1v) is 7.62. The standard InChI is InChI=1S/C17H14ClFN2O3/c1-24-16(22)11-4-2-5-12(10-11)20-8-9-21(17(20)23)14-7-3-6-13(18)15(14)19/h2-7,10H,8-9H2,1H3. The number of esters is 1. The van der Waals surface area contributed by atoms with Crippen LogP contribution in [0.5, 0.6) is 0 Å². The van der Waals surface area contributed by atoms with Crippen LogP contribution in [0.2, 0.25) is 5.02 Å². The van der Waals surface area contributed by atoms with Gasteiger partial charge in [0.15, 0.2) is 5.82 Å². The number of halogens is 2. The first-order valence-electron chi connectivity index (χ1n) is 7.24. The Morgan fingerprint density at radius 2 is 1.88 bits per heavy atom. The van der Waals surface area contributed by atoms with Crippen molar-refractivity contribution in [3.63, 3.8) is 0 Å². The van der Waals surface area contributed by atoms with Gasteiger partial charge in [-0.05, 0) is 30.3 Å². The smallest absolute Gasteiger partial charge is 0.337 e. The van der Waals surface area contributed by atoms with Crippen molar-refractivity contribution in [2.75, 3.05) is 30.0 Å². The Labute approximate surface area is 143 Å². The average molecular weight is 349 g/mol. The van der Waals surface area contributed by atoms with Crippen molar-refractivity contribution in [1.82, 2.24) is 0 Å². The molecule has 7 heteroatoms. The molecule has 0 aromatic heterocycles. The Morgan fingerprint density at radius 1 is 1.17 bits per heavy atom. The summed E-state index contributed by atoms with van der Waals surface area (Å²) in [5.74, 6) is -1.11. The van der Waals surface area contributed by atoms with E-state index >= 15 is 0 Å². The van der Waals surface area contributed by atoms with Gasteiger partial charge in [-0.25, -0.2) is 14.0 Å². The van der Waals surface area contributed by atoms with Gasteiger partial charge in [-0.2, -0.15) is 0 Å². The molecule has 1 heterocycles. The van der Waals surface area contributed by atoms with Gasteiger partial charge in [-0.3, -0.25) is 9.80 Å². The van der Waals surface area contributed by atoms with Crippen LogP contribution in [0, 0.1) is 5.82 Å². The highest BCUT2D eigenvalue weighted by atomic mass is 35.5. The number of benzene rings is 2. The molecule has 24 heavy (non-hydrogen) atoms. The highest BCUT2D eigenvalue weighted by molar-refractivity contribution is 6.31. The van der Waals surface area contributed by atoms with Crippen molar-refractivity contribution in [2.45, 2.75) is 0 Å². The maximum absolute atomic E-state index is 14.2. The third-order valence-corrected chi connectivity index (χ3v) is 4.10. The molecule has 0 saturated carbocycles. The van der Waals surface area contributed by atoms with Gasteiger partial charge in [0, 0.05) is 18.8 Å². The molecule has 1 saturated heterocycles. The number of methoxy groups -OCH3 is 1. The second-order valence-electron chi connectivity index (χ2n) is 5.20. The summed E-state index contributed by atoms with van der Waals surface area (Å²) >= 11 is 5.79. The zero-order valence-electron chi connectivity index (χ0n) is 12.8. The predicted octanol–water partition coefficient (Wildman–Crippen LogP) is 3.71. The van der Waals surface area contributed by atoms with Crippen LogP contribution in [0.15, 0.2) is 42.5 Å². The highest BCUT2D eigenvalue weighted by Crippen LogP contribution is 2.30. The van der Waals surface area contributed by atoms with E-state index in [-0.39, 0.29) is 16.7 Å². The molecular weight excluding hydrogens is 335 g/mol. The van der Waals surface area contributed by atoms with E-state index < -0.39 is 11.8 Å². The second kappa shape index (κ2) is 6.49. The molecule has 5 nitrogen and oxygen atoms in total. The average Bonchev–Trinajstić information content (AvgIpc) is 2.98. The molecule has 0 bridgehead atoms. The highest BCUT2D eigenvalue weighted by Gasteiger charge is 2.32. The van der Waals surface area contributed by atoms with Crippen LogP contribution in [0.1, 0.15) is 10.4 Å². The van der Waals surface area contributed by atoms with Crippen molar-refractivity contribution in [3.05, 3.63) is 58.9 Å². The number of ether oxygens (including phenoxy) is 1. The Morgan fingerprint density at radius 3 is 2.62 bits per heavy atom. The minimum atomic E-state index is -0.627. The maximum atomic E-state index is 14.2. The molecule has 1 aliphatic heterocycles. The van der Waals surface area contributed by atoms with Gasteiger partial charge in [-0.1, -0.05) is 23.7 Å². The van der Waals surface area contributed by atoms with Crippen LogP contribution < -0.4 is 9.80 Å². The van der Waals surface area contributed by atoms with Gasteiger partial charge >= 0.3 is 12.0 Å². The molecule has 0 unspecified atom stereocenters. The van der Waals surface area contributed by atoms with Gasteiger partial charge in [-0.15, -0.1) is 0 Å². The summed E-state index contributed by atoms with van der Waals surface area (Å²) in [6.45, 7) is 0.688. The maximum Gasteiger partial charge on any atom is 0.337 e. The molecule has 0 atom stereocenters. The number of urea groups is 1. The summed E-state index contributed by atoms with van der Waals surface area (Å²) in [7, 11) is 1.29. The monoisotopic (exact) mass is 348 g/mol. The number of rotatable bonds is 3. The van der Waals surface area contributed by atoms with Crippen molar-refractivity contribution in [3.8, 4) is 0 Å². The summed E-state index contributed by atoms with van der Waals surface area (Å²) in [6, 6.07) is 10.7. The lowest BCUT2D eigenvalue weighted by Crippen LogP contribution is -2.32. The van der Waals surface area contributed by atoms with Crippen molar-refractivity contribution >= 4 is 35.0 Å². The van der Waals surface area contributed by atoms with Gasteiger partial charge in [0.2, 0.25) is 0 Å². The lowest BCUT2D eigenvalue weighted by atomic mass is 10.2. The fourth-order valence-electron chi connectivity index (χ4n) is 2.62. The lowest BCUT2D eigenvalue weighted by Gasteiger charge is -2.19. The van der Waals surface area contributed by atoms with E-state index in [1.807, 2.05) is 0 Å². The molecule has 0 N–H and O–H groups in total. The summed E-state index contributed by atoms with van der Waals surface area (Å²) in [6.07, 6.45) is 0. The predicted molar refractivity (Wildman–Crippen MR) is 89.3 cm³/mol. The lowest BCUT2D eigenvalue weighted by molar-refractivity contribution is 0.0600. The zero-order valence-corrected chi connectivity index (χ0v) is 13.6. The Hall–Kier alpha value is -2.60. The summed E-state index contributed by atoms with van der Waals surface area (Å²) in [4.78, 5) is 27.1. The van der Waals surface area contributed by atoms with Crippen molar-refractivity contribution in [1.29, 1.82) is 0 Å². The third-order valence-electron chi connectivity index (χ3n) is 3.81. The van der Waals surface area contributed by atoms with Gasteiger partial charge in [0.1, 0.15) is 0 Å². The zero-order chi connectivity index (χ0) is 17.3. The number of hydrogen-bond acceptors (Lipinski definition) is 3. The topological polar surface area (TPSA) is 49.9 Å². The first-order chi connectivity index (χ1) is 11.5. The van der Waals surface area contributed by atoms with Crippen LogP contribution in [-0.4, -0.2) is 32.2 Å². The number of anilines is 2. The molecular formula is C17H14ClFN2O3. The normalized spacial score (nSPS) is 14.2. The number of nitrogens with zero attached hydrogens (tertiary/aromatic N) is 2. The minimum Gasteiger partial charge on any atom is -0.465 e. The Kier molecular flexibility index (Phi) is 4.40. The third kappa shape index (κ3) is 2.80. The molecule has 0 spiro atoms. The number of hydrogen-bond donors (Lipinski definition) is 0. The van der Waals surface area contributed by atoms with E-state index in [2.05, 4.69) is 4.74 Å². The van der Waals surface area contributed by atoms with E-state index in [9.17, 15) is 14.0 Å². The fraction of sp³-hybridized carbons (Fsp3) is 0.176. The molecule has 0 radical (unpaired) electrons. The molecule has 1 fully saturated rings. The van der Waals surface area contributed by atoms with Crippen LogP contribution in [0.4, 0.5) is 20.6 Å². The van der Waals surface area contributed by atoms with E-state index in [1.165, 1.54) is 29.0 Å². The molecule has 3 rings (SSSR count). The van der Waals surface area contributed by atoms with Crippen LogP contribution in [0.3, 0.4) is 0 Å². The fourth-order valence-corrected chi connectivity index (χ4v) is 2.79. The molecule has 2 aromatic carbocycles.